The number of carbonyl (C=O) groups is 1. The van der Waals surface area contributed by atoms with Crippen molar-refractivity contribution in [1.82, 2.24) is 0 Å². The summed E-state index contributed by atoms with van der Waals surface area (Å²) in [4.78, 5) is 15.6. The van der Waals surface area contributed by atoms with Gasteiger partial charge in [0.1, 0.15) is 0 Å². The number of rotatable bonds is 6. The van der Waals surface area contributed by atoms with Crippen molar-refractivity contribution in [3.8, 4) is 11.1 Å². The molecule has 0 saturated carbocycles. The van der Waals surface area contributed by atoms with Gasteiger partial charge < -0.3 is 15.7 Å². The maximum absolute atomic E-state index is 13.6. The molecule has 0 fully saturated rings. The molecule has 1 atom stereocenters. The molecule has 1 aliphatic heterocycles. The fourth-order valence-corrected chi connectivity index (χ4v) is 3.16. The van der Waals surface area contributed by atoms with Gasteiger partial charge in [-0.15, -0.1) is 0 Å². The van der Waals surface area contributed by atoms with Crippen LogP contribution in [0, 0.1) is 11.6 Å². The lowest BCUT2D eigenvalue weighted by Gasteiger charge is -2.32. The SMILES string of the molecule is CCCCCN.O=C(O)C1C(C(F)(F)F)=NC=CN1c1ccccc1-c1ccc(F)c(F)c1. The zero-order valence-electron chi connectivity index (χ0n) is 17.8. The van der Waals surface area contributed by atoms with Gasteiger partial charge in [-0.25, -0.2) is 13.6 Å². The van der Waals surface area contributed by atoms with Crippen LogP contribution < -0.4 is 10.6 Å². The van der Waals surface area contributed by atoms with E-state index in [-0.39, 0.29) is 16.8 Å². The third-order valence-corrected chi connectivity index (χ3v) is 4.72. The molecule has 3 N–H and O–H groups in total. The topological polar surface area (TPSA) is 78.9 Å². The van der Waals surface area contributed by atoms with Gasteiger partial charge in [-0.05, 0) is 36.7 Å². The van der Waals surface area contributed by atoms with Gasteiger partial charge in [-0.2, -0.15) is 13.2 Å². The number of aliphatic imine (C=N–C) groups is 1. The molecule has 0 spiro atoms. The number of unbranched alkanes of at least 4 members (excludes halogenated alkanes) is 2. The second-order valence-electron chi connectivity index (χ2n) is 7.10. The summed E-state index contributed by atoms with van der Waals surface area (Å²) >= 11 is 0. The molecule has 0 radical (unpaired) electrons. The van der Waals surface area contributed by atoms with Crippen LogP contribution in [-0.2, 0) is 4.79 Å². The van der Waals surface area contributed by atoms with Gasteiger partial charge in [-0.1, -0.05) is 44.0 Å². The number of hydrogen-bond donors (Lipinski definition) is 2. The highest BCUT2D eigenvalue weighted by Crippen LogP contribution is 2.36. The molecule has 1 aliphatic rings. The van der Waals surface area contributed by atoms with E-state index in [0.717, 1.165) is 36.0 Å². The zero-order valence-corrected chi connectivity index (χ0v) is 17.8. The maximum Gasteiger partial charge on any atom is 0.432 e. The van der Waals surface area contributed by atoms with Crippen molar-refractivity contribution in [3.63, 3.8) is 0 Å². The van der Waals surface area contributed by atoms with Crippen molar-refractivity contribution in [2.45, 2.75) is 38.4 Å². The second-order valence-corrected chi connectivity index (χ2v) is 7.10. The average molecular weight is 469 g/mol. The number of benzene rings is 2. The Morgan fingerprint density at radius 2 is 1.82 bits per heavy atom. The lowest BCUT2D eigenvalue weighted by Crippen LogP contribution is -2.51. The van der Waals surface area contributed by atoms with E-state index < -0.39 is 35.5 Å². The first-order valence-corrected chi connectivity index (χ1v) is 10.2. The number of carboxylic acid groups (broad SMARTS) is 1. The zero-order chi connectivity index (χ0) is 24.6. The summed E-state index contributed by atoms with van der Waals surface area (Å²) in [7, 11) is 0. The fourth-order valence-electron chi connectivity index (χ4n) is 3.16. The summed E-state index contributed by atoms with van der Waals surface area (Å²) in [6.07, 6.45) is 0.726. The first-order chi connectivity index (χ1) is 15.6. The predicted molar refractivity (Wildman–Crippen MR) is 117 cm³/mol. The largest absolute Gasteiger partial charge is 0.479 e. The number of nitrogens with zero attached hydrogens (tertiary/aromatic N) is 2. The summed E-state index contributed by atoms with van der Waals surface area (Å²) in [6.45, 7) is 3.03. The van der Waals surface area contributed by atoms with Crippen LogP contribution in [-0.4, -0.2) is 35.6 Å². The summed E-state index contributed by atoms with van der Waals surface area (Å²) in [5, 5.41) is 9.38. The third kappa shape index (κ3) is 6.61. The Bertz CT molecular complexity index is 1020. The summed E-state index contributed by atoms with van der Waals surface area (Å²) in [5.74, 6) is -3.97. The summed E-state index contributed by atoms with van der Waals surface area (Å²) in [5.41, 5.74) is 4.21. The molecule has 0 aromatic heterocycles. The Morgan fingerprint density at radius 3 is 2.36 bits per heavy atom. The Balaban J connectivity index is 0.000000569. The minimum atomic E-state index is -4.96. The number of alkyl halides is 3. The molecule has 2 aromatic carbocycles. The van der Waals surface area contributed by atoms with Crippen molar-refractivity contribution in [2.24, 2.45) is 10.7 Å². The number of halogens is 5. The monoisotopic (exact) mass is 469 g/mol. The van der Waals surface area contributed by atoms with E-state index >= 15 is 0 Å². The van der Waals surface area contributed by atoms with E-state index in [9.17, 15) is 31.9 Å². The van der Waals surface area contributed by atoms with Gasteiger partial charge in [0.05, 0.1) is 0 Å². The van der Waals surface area contributed by atoms with Crippen molar-refractivity contribution in [1.29, 1.82) is 0 Å². The van der Waals surface area contributed by atoms with Crippen LogP contribution in [0.1, 0.15) is 26.2 Å². The van der Waals surface area contributed by atoms with E-state index in [4.69, 9.17) is 5.73 Å². The molecule has 1 unspecified atom stereocenters. The molecular formula is C23H24F5N3O2. The van der Waals surface area contributed by atoms with Crippen LogP contribution in [0.2, 0.25) is 0 Å². The molecule has 33 heavy (non-hydrogen) atoms. The molecular weight excluding hydrogens is 445 g/mol. The number of nitrogens with two attached hydrogens (primary N) is 1. The highest BCUT2D eigenvalue weighted by molar-refractivity contribution is 6.12. The molecule has 0 bridgehead atoms. The average Bonchev–Trinajstić information content (AvgIpc) is 2.78. The normalized spacial score (nSPS) is 15.5. The molecule has 0 aliphatic carbocycles. The van der Waals surface area contributed by atoms with Crippen LogP contribution >= 0.6 is 0 Å². The Hall–Kier alpha value is -3.27. The van der Waals surface area contributed by atoms with Crippen LogP contribution in [0.5, 0.6) is 0 Å². The Morgan fingerprint density at radius 1 is 1.12 bits per heavy atom. The second kappa shape index (κ2) is 11.6. The van der Waals surface area contributed by atoms with Crippen molar-refractivity contribution in [2.75, 3.05) is 11.4 Å². The number of aliphatic carboxylic acids is 1. The number of para-hydroxylation sites is 1. The van der Waals surface area contributed by atoms with Gasteiger partial charge in [0.15, 0.2) is 23.4 Å². The highest BCUT2D eigenvalue weighted by Gasteiger charge is 2.47. The minimum Gasteiger partial charge on any atom is -0.479 e. The molecule has 1 heterocycles. The number of anilines is 1. The molecule has 2 aromatic rings. The Labute approximate surface area is 188 Å². The van der Waals surface area contributed by atoms with Crippen molar-refractivity contribution >= 4 is 17.4 Å². The smallest absolute Gasteiger partial charge is 0.432 e. The quantitative estimate of drug-likeness (QED) is 0.432. The molecule has 0 amide bonds. The highest BCUT2D eigenvalue weighted by atomic mass is 19.4. The molecule has 5 nitrogen and oxygen atoms in total. The maximum atomic E-state index is 13.6. The van der Waals surface area contributed by atoms with Crippen molar-refractivity contribution < 1.29 is 31.9 Å². The lowest BCUT2D eigenvalue weighted by molar-refractivity contribution is -0.138. The van der Waals surface area contributed by atoms with E-state index in [2.05, 4.69) is 11.9 Å². The van der Waals surface area contributed by atoms with E-state index in [0.29, 0.717) is 0 Å². The van der Waals surface area contributed by atoms with E-state index in [1.54, 1.807) is 6.07 Å². The van der Waals surface area contributed by atoms with E-state index in [1.807, 2.05) is 0 Å². The fraction of sp³-hybridized carbons (Fsp3) is 0.304. The predicted octanol–water partition coefficient (Wildman–Crippen LogP) is 5.51. The summed E-state index contributed by atoms with van der Waals surface area (Å²) in [6, 6.07) is 6.78. The Kier molecular flexibility index (Phi) is 9.10. The minimum absolute atomic E-state index is 0.0730. The first-order valence-electron chi connectivity index (χ1n) is 10.2. The standard InChI is InChI=1S/C18H11F5N2O2.C5H13N/c19-12-6-5-10(9-13(12)20)11-3-1-2-4-14(11)25-8-7-24-16(18(21,22)23)15(25)17(26)27;1-2-3-4-5-6/h1-9,15H,(H,26,27);2-6H2,1H3. The van der Waals surface area contributed by atoms with Gasteiger partial charge in [0.25, 0.3) is 0 Å². The van der Waals surface area contributed by atoms with Crippen LogP contribution in [0.25, 0.3) is 11.1 Å². The number of hydrogen-bond acceptors (Lipinski definition) is 4. The van der Waals surface area contributed by atoms with Gasteiger partial charge in [0, 0.05) is 23.7 Å². The van der Waals surface area contributed by atoms with Crippen molar-refractivity contribution in [3.05, 3.63) is 66.5 Å². The molecule has 3 rings (SSSR count). The third-order valence-electron chi connectivity index (χ3n) is 4.72. The number of carboxylic acids is 1. The molecule has 178 valence electrons. The van der Waals surface area contributed by atoms with Crippen LogP contribution in [0.15, 0.2) is 59.9 Å². The first kappa shape index (κ1) is 26.0. The van der Waals surface area contributed by atoms with Gasteiger partial charge in [0.2, 0.25) is 0 Å². The lowest BCUT2D eigenvalue weighted by atomic mass is 10.00. The summed E-state index contributed by atoms with van der Waals surface area (Å²) < 4.78 is 66.4. The van der Waals surface area contributed by atoms with Crippen LogP contribution in [0.3, 0.4) is 0 Å². The van der Waals surface area contributed by atoms with Gasteiger partial charge in [-0.3, -0.25) is 4.99 Å². The molecule has 10 heteroatoms. The van der Waals surface area contributed by atoms with Crippen LogP contribution in [0.4, 0.5) is 27.6 Å². The molecule has 0 saturated heterocycles. The van der Waals surface area contributed by atoms with E-state index in [1.165, 1.54) is 43.5 Å². The van der Waals surface area contributed by atoms with Gasteiger partial charge >= 0.3 is 12.1 Å².